The normalized spacial score (nSPS) is 45.3. The average molecular weight is 403 g/mol. The smallest absolute Gasteiger partial charge is 0.303 e. The molecule has 0 heterocycles. The number of hydrogen-bond acceptors (Lipinski definition) is 4. The maximum atomic E-state index is 13.6. The van der Waals surface area contributed by atoms with E-state index in [2.05, 4.69) is 20.8 Å². The van der Waals surface area contributed by atoms with Gasteiger partial charge in [0.2, 0.25) is 0 Å². The number of hydrogen-bond donors (Lipinski definition) is 1. The van der Waals surface area contributed by atoms with Crippen molar-refractivity contribution in [3.05, 3.63) is 0 Å². The van der Waals surface area contributed by atoms with Crippen LogP contribution in [0.5, 0.6) is 0 Å². The van der Waals surface area contributed by atoms with E-state index in [4.69, 9.17) is 5.11 Å². The van der Waals surface area contributed by atoms with Gasteiger partial charge in [-0.25, -0.2) is 0 Å². The van der Waals surface area contributed by atoms with E-state index in [1.807, 2.05) is 0 Å². The quantitative estimate of drug-likeness (QED) is 0.766. The molecule has 0 aromatic carbocycles. The number of carbonyl (C=O) groups excluding carboxylic acids is 3. The Morgan fingerprint density at radius 1 is 1.10 bits per heavy atom. The van der Waals surface area contributed by atoms with Gasteiger partial charge in [0.1, 0.15) is 17.3 Å². The van der Waals surface area contributed by atoms with Crippen LogP contribution >= 0.6 is 0 Å². The molecule has 0 unspecified atom stereocenters. The van der Waals surface area contributed by atoms with Crippen LogP contribution in [0.25, 0.3) is 0 Å². The molecule has 0 aromatic heterocycles. The lowest BCUT2D eigenvalue weighted by atomic mass is 9.44. The van der Waals surface area contributed by atoms with E-state index in [0.717, 1.165) is 19.3 Å². The maximum Gasteiger partial charge on any atom is 0.303 e. The summed E-state index contributed by atoms with van der Waals surface area (Å²) in [6.45, 7) is 6.37. The van der Waals surface area contributed by atoms with Crippen LogP contribution in [0.15, 0.2) is 0 Å². The minimum absolute atomic E-state index is 0.0659. The summed E-state index contributed by atoms with van der Waals surface area (Å²) in [7, 11) is 0. The second kappa shape index (κ2) is 7.02. The van der Waals surface area contributed by atoms with Crippen molar-refractivity contribution in [2.45, 2.75) is 78.6 Å². The molecule has 4 fully saturated rings. The van der Waals surface area contributed by atoms with Gasteiger partial charge < -0.3 is 5.11 Å². The van der Waals surface area contributed by atoms with E-state index < -0.39 is 11.4 Å². The first-order valence-electron chi connectivity index (χ1n) is 11.4. The van der Waals surface area contributed by atoms with E-state index in [0.29, 0.717) is 32.1 Å². The first-order valence-corrected chi connectivity index (χ1v) is 11.4. The Kier molecular flexibility index (Phi) is 5.02. The first-order chi connectivity index (χ1) is 13.6. The van der Waals surface area contributed by atoms with E-state index in [9.17, 15) is 19.2 Å². The Bertz CT molecular complexity index is 756. The van der Waals surface area contributed by atoms with Gasteiger partial charge in [0.25, 0.3) is 0 Å². The van der Waals surface area contributed by atoms with Gasteiger partial charge in [-0.15, -0.1) is 0 Å². The summed E-state index contributed by atoms with van der Waals surface area (Å²) >= 11 is 0. The number of carbonyl (C=O) groups is 4. The predicted octanol–water partition coefficient (Wildman–Crippen LogP) is 4.07. The highest BCUT2D eigenvalue weighted by Crippen LogP contribution is 2.66. The van der Waals surface area contributed by atoms with Gasteiger partial charge in [-0.2, -0.15) is 0 Å². The van der Waals surface area contributed by atoms with Crippen molar-refractivity contribution in [1.29, 1.82) is 0 Å². The van der Waals surface area contributed by atoms with Gasteiger partial charge in [0.15, 0.2) is 0 Å². The molecule has 4 aliphatic carbocycles. The highest BCUT2D eigenvalue weighted by Gasteiger charge is 2.66. The van der Waals surface area contributed by atoms with Crippen LogP contribution in [-0.4, -0.2) is 28.4 Å². The molecule has 160 valence electrons. The summed E-state index contributed by atoms with van der Waals surface area (Å²) in [5.74, 6) is 0.524. The Hall–Kier alpha value is -1.52. The molecular formula is C24H34O5. The summed E-state index contributed by atoms with van der Waals surface area (Å²) in [4.78, 5) is 50.0. The topological polar surface area (TPSA) is 88.5 Å². The molecule has 0 spiro atoms. The molecule has 5 nitrogen and oxygen atoms in total. The third-order valence-corrected chi connectivity index (χ3v) is 9.72. The van der Waals surface area contributed by atoms with Gasteiger partial charge >= 0.3 is 5.97 Å². The van der Waals surface area contributed by atoms with Gasteiger partial charge in [-0.1, -0.05) is 20.8 Å². The van der Waals surface area contributed by atoms with Crippen molar-refractivity contribution in [2.24, 2.45) is 46.3 Å². The summed E-state index contributed by atoms with van der Waals surface area (Å²) in [5.41, 5.74) is -0.598. The first kappa shape index (κ1) is 20.7. The van der Waals surface area contributed by atoms with Gasteiger partial charge in [0, 0.05) is 43.4 Å². The fourth-order valence-electron chi connectivity index (χ4n) is 7.94. The zero-order valence-electron chi connectivity index (χ0n) is 17.9. The summed E-state index contributed by atoms with van der Waals surface area (Å²) in [6.07, 6.45) is 5.33. The molecule has 29 heavy (non-hydrogen) atoms. The largest absolute Gasteiger partial charge is 0.481 e. The van der Waals surface area contributed by atoms with E-state index >= 15 is 0 Å². The number of carboxylic acid groups (broad SMARTS) is 1. The summed E-state index contributed by atoms with van der Waals surface area (Å²) in [6, 6.07) is 0. The van der Waals surface area contributed by atoms with Gasteiger partial charge in [-0.05, 0) is 60.7 Å². The lowest BCUT2D eigenvalue weighted by Gasteiger charge is -2.58. The second-order valence-electron chi connectivity index (χ2n) is 10.9. The van der Waals surface area contributed by atoms with Crippen molar-refractivity contribution in [1.82, 2.24) is 0 Å². The molecule has 8 atom stereocenters. The van der Waals surface area contributed by atoms with Crippen LogP contribution in [-0.2, 0) is 19.2 Å². The highest BCUT2D eigenvalue weighted by molar-refractivity contribution is 5.93. The van der Waals surface area contributed by atoms with Crippen LogP contribution in [0.2, 0.25) is 0 Å². The Morgan fingerprint density at radius 2 is 1.83 bits per heavy atom. The molecule has 4 rings (SSSR count). The molecule has 0 radical (unpaired) electrons. The average Bonchev–Trinajstić information content (AvgIpc) is 3.01. The fraction of sp³-hybridized carbons (Fsp3) is 0.833. The Labute approximate surface area is 173 Å². The minimum Gasteiger partial charge on any atom is -0.481 e. The molecule has 4 saturated carbocycles. The Balaban J connectivity index is 1.63. The number of aliphatic carboxylic acids is 1. The molecule has 5 heteroatoms. The molecule has 4 aliphatic rings. The van der Waals surface area contributed by atoms with Crippen LogP contribution in [0.1, 0.15) is 78.6 Å². The second-order valence-corrected chi connectivity index (χ2v) is 10.9. The summed E-state index contributed by atoms with van der Waals surface area (Å²) in [5, 5.41) is 9.06. The molecule has 0 aromatic rings. The van der Waals surface area contributed by atoms with Crippen molar-refractivity contribution >= 4 is 23.3 Å². The fourth-order valence-corrected chi connectivity index (χ4v) is 7.94. The lowest BCUT2D eigenvalue weighted by molar-refractivity contribution is -0.166. The monoisotopic (exact) mass is 402 g/mol. The van der Waals surface area contributed by atoms with Crippen LogP contribution in [0.3, 0.4) is 0 Å². The third-order valence-electron chi connectivity index (χ3n) is 9.72. The zero-order valence-corrected chi connectivity index (χ0v) is 17.9. The van der Waals surface area contributed by atoms with Crippen molar-refractivity contribution in [3.8, 4) is 0 Å². The zero-order chi connectivity index (χ0) is 21.1. The van der Waals surface area contributed by atoms with Crippen molar-refractivity contribution in [3.63, 3.8) is 0 Å². The maximum absolute atomic E-state index is 13.6. The Morgan fingerprint density at radius 3 is 2.52 bits per heavy atom. The van der Waals surface area contributed by atoms with Crippen molar-refractivity contribution in [2.75, 3.05) is 0 Å². The molecule has 0 amide bonds. The van der Waals surface area contributed by atoms with Crippen LogP contribution in [0, 0.1) is 46.3 Å². The molecule has 1 N–H and O–H groups in total. The third kappa shape index (κ3) is 3.02. The van der Waals surface area contributed by atoms with E-state index in [-0.39, 0.29) is 64.7 Å². The SMILES string of the molecule is C[C@H](CCC(=O)O)[C@H]1CC[C@H]2[C@@H]3C(=O)C[C@H]4CC(=O)CC[C@]4(C)[C@H]3CC(=O)[C@@]12C. The molecular weight excluding hydrogens is 368 g/mol. The summed E-state index contributed by atoms with van der Waals surface area (Å²) < 4.78 is 0. The minimum atomic E-state index is -0.792. The predicted molar refractivity (Wildman–Crippen MR) is 107 cm³/mol. The molecule has 0 bridgehead atoms. The standard InChI is InChI=1S/C24H34O5/c1-13(4-7-21(28)29)16-5-6-17-22-18(12-20(27)24(16,17)3)23(2)9-8-15(25)10-14(23)11-19(22)26/h13-14,16-18,22H,4-12H2,1-3H3,(H,28,29)/t13-,14-,16-,17+,18+,22+,23+,24+/m1/s1. The van der Waals surface area contributed by atoms with E-state index in [1.54, 1.807) is 0 Å². The van der Waals surface area contributed by atoms with Gasteiger partial charge in [0.05, 0.1) is 0 Å². The number of rotatable bonds is 4. The van der Waals surface area contributed by atoms with Crippen LogP contribution in [0.4, 0.5) is 0 Å². The number of Topliss-reactive ketones (excluding diaryl/α,β-unsaturated/α-hetero) is 3. The van der Waals surface area contributed by atoms with Gasteiger partial charge in [-0.3, -0.25) is 19.2 Å². The molecule has 0 aliphatic heterocycles. The van der Waals surface area contributed by atoms with Crippen molar-refractivity contribution < 1.29 is 24.3 Å². The number of ketones is 3. The van der Waals surface area contributed by atoms with Crippen LogP contribution < -0.4 is 0 Å². The number of fused-ring (bicyclic) bond motifs is 5. The lowest BCUT2D eigenvalue weighted by Crippen LogP contribution is -2.60. The van der Waals surface area contributed by atoms with E-state index in [1.165, 1.54) is 0 Å². The number of carboxylic acids is 1. The molecule has 0 saturated heterocycles. The highest BCUT2D eigenvalue weighted by atomic mass is 16.4.